The van der Waals surface area contributed by atoms with Gasteiger partial charge in [0.05, 0.1) is 6.61 Å². The minimum atomic E-state index is -1.07. The van der Waals surface area contributed by atoms with Crippen molar-refractivity contribution in [3.63, 3.8) is 0 Å². The summed E-state index contributed by atoms with van der Waals surface area (Å²) in [6.45, 7) is -0.445. The Kier molecular flexibility index (Phi) is 5.90. The maximum absolute atomic E-state index is 10.7. The van der Waals surface area contributed by atoms with E-state index in [1.54, 1.807) is 24.3 Å². The molecule has 1 atom stereocenters. The molecule has 3 nitrogen and oxygen atoms in total. The van der Waals surface area contributed by atoms with E-state index < -0.39 is 18.5 Å². The van der Waals surface area contributed by atoms with Gasteiger partial charge < -0.3 is 10.2 Å². The Bertz CT molecular complexity index is 317. The summed E-state index contributed by atoms with van der Waals surface area (Å²) in [7, 11) is 0. The number of aliphatic hydroxyl groups is 1. The first kappa shape index (κ1) is 13.5. The second-order valence-corrected chi connectivity index (χ2v) is 3.00. The van der Waals surface area contributed by atoms with Crippen LogP contribution in [0.25, 0.3) is 0 Å². The van der Waals surface area contributed by atoms with E-state index in [4.69, 9.17) is 21.8 Å². The van der Waals surface area contributed by atoms with Gasteiger partial charge in [0, 0.05) is 5.02 Å². The number of aliphatic carboxylic acids is 1. The number of rotatable bonds is 3. The third kappa shape index (κ3) is 3.04. The summed E-state index contributed by atoms with van der Waals surface area (Å²) in [6.07, 6.45) is 0. The van der Waals surface area contributed by atoms with Crippen LogP contribution in [0.5, 0.6) is 0 Å². The summed E-state index contributed by atoms with van der Waals surface area (Å²) in [5.74, 6) is -2.01. The molecule has 1 aromatic carbocycles. The molecule has 0 saturated heterocycles. The van der Waals surface area contributed by atoms with E-state index in [9.17, 15) is 4.79 Å². The van der Waals surface area contributed by atoms with Crippen LogP contribution in [-0.4, -0.2) is 41.6 Å². The average molecular weight is 209 g/mol. The topological polar surface area (TPSA) is 57.5 Å². The Morgan fingerprint density at radius 1 is 1.43 bits per heavy atom. The molecule has 0 spiro atoms. The van der Waals surface area contributed by atoms with Gasteiger partial charge in [-0.2, -0.15) is 0 Å². The number of halogens is 1. The molecule has 0 aromatic heterocycles. The standard InChI is InChI=1S/C9H9ClO3.Li.H/c10-8-4-2-1-3-6(8)7(5-11)9(12)13;;/h1-4,7,11H,5H2,(H,12,13);;. The fraction of sp³-hybridized carbons (Fsp3) is 0.222. The quantitative estimate of drug-likeness (QED) is 0.724. The summed E-state index contributed by atoms with van der Waals surface area (Å²) in [5, 5.41) is 17.9. The summed E-state index contributed by atoms with van der Waals surface area (Å²) >= 11 is 5.77. The number of hydrogen-bond donors (Lipinski definition) is 2. The van der Waals surface area contributed by atoms with Gasteiger partial charge in [-0.1, -0.05) is 29.8 Å². The Morgan fingerprint density at radius 2 is 2.00 bits per heavy atom. The van der Waals surface area contributed by atoms with Crippen molar-refractivity contribution in [1.82, 2.24) is 0 Å². The number of carboxylic acid groups (broad SMARTS) is 1. The Balaban J connectivity index is 0.00000169. The summed E-state index contributed by atoms with van der Waals surface area (Å²) in [6, 6.07) is 6.59. The van der Waals surface area contributed by atoms with Crippen LogP contribution in [0.1, 0.15) is 11.5 Å². The molecule has 0 amide bonds. The van der Waals surface area contributed by atoms with Crippen molar-refractivity contribution >= 4 is 36.4 Å². The van der Waals surface area contributed by atoms with Gasteiger partial charge in [0.2, 0.25) is 0 Å². The molecule has 1 aromatic rings. The second kappa shape index (κ2) is 6.10. The summed E-state index contributed by atoms with van der Waals surface area (Å²) in [5.41, 5.74) is 0.444. The van der Waals surface area contributed by atoms with E-state index >= 15 is 0 Å². The van der Waals surface area contributed by atoms with Crippen LogP contribution in [0.3, 0.4) is 0 Å². The molecule has 5 heteroatoms. The molecule has 0 saturated carbocycles. The molecule has 0 aliphatic carbocycles. The third-order valence-corrected chi connectivity index (χ3v) is 2.11. The normalized spacial score (nSPS) is 11.6. The van der Waals surface area contributed by atoms with Crippen molar-refractivity contribution in [2.75, 3.05) is 6.61 Å². The SMILES string of the molecule is O=C(O)C(CO)c1ccccc1Cl.[LiH]. The van der Waals surface area contributed by atoms with Crippen molar-refractivity contribution in [2.45, 2.75) is 5.92 Å². The second-order valence-electron chi connectivity index (χ2n) is 2.59. The fourth-order valence-electron chi connectivity index (χ4n) is 1.07. The molecule has 1 rings (SSSR count). The van der Waals surface area contributed by atoms with Crippen LogP contribution in [0.2, 0.25) is 5.02 Å². The van der Waals surface area contributed by atoms with Gasteiger partial charge in [0.25, 0.3) is 0 Å². The predicted molar refractivity (Wildman–Crippen MR) is 56.1 cm³/mol. The van der Waals surface area contributed by atoms with E-state index in [0.717, 1.165) is 0 Å². The van der Waals surface area contributed by atoms with Gasteiger partial charge in [-0.25, -0.2) is 0 Å². The van der Waals surface area contributed by atoms with Gasteiger partial charge >= 0.3 is 24.8 Å². The third-order valence-electron chi connectivity index (χ3n) is 1.76. The van der Waals surface area contributed by atoms with Gasteiger partial charge in [-0.05, 0) is 11.6 Å². The van der Waals surface area contributed by atoms with Crippen LogP contribution in [0.4, 0.5) is 0 Å². The number of hydrogen-bond acceptors (Lipinski definition) is 2. The number of carbonyl (C=O) groups is 1. The van der Waals surface area contributed by atoms with Crippen LogP contribution in [0.15, 0.2) is 24.3 Å². The predicted octanol–water partition coefficient (Wildman–Crippen LogP) is 0.852. The first-order valence-electron chi connectivity index (χ1n) is 3.75. The molecule has 2 N–H and O–H groups in total. The Morgan fingerprint density at radius 3 is 2.43 bits per heavy atom. The molecule has 0 radical (unpaired) electrons. The minimum absolute atomic E-state index is 0. The first-order chi connectivity index (χ1) is 6.16. The molecular weight excluding hydrogens is 198 g/mol. The van der Waals surface area contributed by atoms with E-state index in [-0.39, 0.29) is 18.9 Å². The molecule has 14 heavy (non-hydrogen) atoms. The van der Waals surface area contributed by atoms with E-state index in [1.807, 2.05) is 0 Å². The van der Waals surface area contributed by atoms with Crippen LogP contribution >= 0.6 is 11.6 Å². The molecule has 0 fully saturated rings. The monoisotopic (exact) mass is 208 g/mol. The maximum atomic E-state index is 10.7. The molecule has 0 aliphatic heterocycles. The molecule has 0 aliphatic rings. The van der Waals surface area contributed by atoms with E-state index in [2.05, 4.69) is 0 Å². The van der Waals surface area contributed by atoms with Gasteiger partial charge in [-0.3, -0.25) is 4.79 Å². The average Bonchev–Trinajstić information content (AvgIpc) is 2.09. The zero-order chi connectivity index (χ0) is 9.84. The number of aliphatic hydroxyl groups excluding tert-OH is 1. The van der Waals surface area contributed by atoms with E-state index in [1.165, 1.54) is 0 Å². The molecule has 72 valence electrons. The van der Waals surface area contributed by atoms with E-state index in [0.29, 0.717) is 10.6 Å². The fourth-order valence-corrected chi connectivity index (χ4v) is 1.33. The van der Waals surface area contributed by atoms with Crippen molar-refractivity contribution in [1.29, 1.82) is 0 Å². The van der Waals surface area contributed by atoms with Gasteiger partial charge in [0.1, 0.15) is 5.92 Å². The molecule has 0 bridgehead atoms. The zero-order valence-corrected chi connectivity index (χ0v) is 7.53. The first-order valence-corrected chi connectivity index (χ1v) is 4.12. The van der Waals surface area contributed by atoms with Crippen molar-refractivity contribution in [3.05, 3.63) is 34.9 Å². The van der Waals surface area contributed by atoms with Gasteiger partial charge in [0.15, 0.2) is 0 Å². The van der Waals surface area contributed by atoms with Gasteiger partial charge in [-0.15, -0.1) is 0 Å². The van der Waals surface area contributed by atoms with Crippen LogP contribution < -0.4 is 0 Å². The Hall–Kier alpha value is -0.463. The molecular formula is C9H10ClLiO3. The van der Waals surface area contributed by atoms with Crippen LogP contribution in [-0.2, 0) is 4.79 Å². The number of carboxylic acids is 1. The molecule has 1 unspecified atom stereocenters. The van der Waals surface area contributed by atoms with Crippen molar-refractivity contribution in [3.8, 4) is 0 Å². The summed E-state index contributed by atoms with van der Waals surface area (Å²) in [4.78, 5) is 10.7. The zero-order valence-electron chi connectivity index (χ0n) is 6.77. The van der Waals surface area contributed by atoms with Crippen molar-refractivity contribution < 1.29 is 15.0 Å². The Labute approximate surface area is 98.9 Å². The van der Waals surface area contributed by atoms with Crippen LogP contribution in [0, 0.1) is 0 Å². The van der Waals surface area contributed by atoms with Crippen molar-refractivity contribution in [2.24, 2.45) is 0 Å². The summed E-state index contributed by atoms with van der Waals surface area (Å²) < 4.78 is 0. The molecule has 0 heterocycles. The number of benzene rings is 1.